The summed E-state index contributed by atoms with van der Waals surface area (Å²) in [6.45, 7) is 2.60. The van der Waals surface area contributed by atoms with Crippen molar-refractivity contribution in [2.45, 2.75) is 19.0 Å². The zero-order valence-electron chi connectivity index (χ0n) is 11.3. The van der Waals surface area contributed by atoms with Crippen molar-refractivity contribution in [1.82, 2.24) is 4.90 Å². The van der Waals surface area contributed by atoms with Gasteiger partial charge >= 0.3 is 6.18 Å². The van der Waals surface area contributed by atoms with Crippen molar-refractivity contribution in [2.75, 3.05) is 32.0 Å². The molecule has 1 unspecified atom stereocenters. The molecule has 0 radical (unpaired) electrons. The fraction of sp³-hybridized carbons (Fsp3) is 0.571. The number of benzene rings is 1. The Hall–Kier alpha value is -1.30. The monoisotopic (exact) mass is 290 g/mol. The maximum absolute atomic E-state index is 13.2. The van der Waals surface area contributed by atoms with Crippen LogP contribution in [0.15, 0.2) is 18.2 Å². The lowest BCUT2D eigenvalue weighted by atomic mass is 9.98. The van der Waals surface area contributed by atoms with Gasteiger partial charge in [-0.15, -0.1) is 0 Å². The number of alkyl halides is 3. The maximum Gasteiger partial charge on any atom is 0.419 e. The summed E-state index contributed by atoms with van der Waals surface area (Å²) in [6.07, 6.45) is -2.50. The van der Waals surface area contributed by atoms with Crippen molar-refractivity contribution in [1.29, 1.82) is 0 Å². The highest BCUT2D eigenvalue weighted by molar-refractivity contribution is 5.47. The van der Waals surface area contributed by atoms with Crippen LogP contribution in [0.5, 0.6) is 0 Å². The van der Waals surface area contributed by atoms with Gasteiger partial charge in [0.05, 0.1) is 5.56 Å². The first-order chi connectivity index (χ1) is 9.36. The van der Waals surface area contributed by atoms with Crippen LogP contribution in [-0.2, 0) is 6.18 Å². The summed E-state index contributed by atoms with van der Waals surface area (Å²) in [5, 5.41) is 2.98. The lowest BCUT2D eigenvalue weighted by Crippen LogP contribution is -2.35. The summed E-state index contributed by atoms with van der Waals surface area (Å²) in [5.74, 6) is -0.825. The van der Waals surface area contributed by atoms with Gasteiger partial charge in [-0.3, -0.25) is 0 Å². The van der Waals surface area contributed by atoms with Crippen LogP contribution in [0.2, 0.25) is 0 Å². The number of hydrogen-bond acceptors (Lipinski definition) is 2. The third kappa shape index (κ3) is 3.85. The highest BCUT2D eigenvalue weighted by Crippen LogP contribution is 2.33. The van der Waals surface area contributed by atoms with Crippen molar-refractivity contribution in [2.24, 2.45) is 5.92 Å². The molecule has 0 aromatic heterocycles. The number of hydrogen-bond donors (Lipinski definition) is 1. The Bertz CT molecular complexity index is 459. The second-order valence-corrected chi connectivity index (χ2v) is 5.34. The molecular weight excluding hydrogens is 272 g/mol. The first-order valence-electron chi connectivity index (χ1n) is 6.65. The number of piperidine rings is 1. The van der Waals surface area contributed by atoms with Gasteiger partial charge in [-0.05, 0) is 50.6 Å². The summed E-state index contributed by atoms with van der Waals surface area (Å²) >= 11 is 0. The van der Waals surface area contributed by atoms with Gasteiger partial charge in [0.15, 0.2) is 0 Å². The fourth-order valence-electron chi connectivity index (χ4n) is 2.55. The molecule has 1 heterocycles. The first-order valence-corrected chi connectivity index (χ1v) is 6.65. The van der Waals surface area contributed by atoms with Crippen LogP contribution in [0.1, 0.15) is 18.4 Å². The van der Waals surface area contributed by atoms with E-state index >= 15 is 0 Å². The summed E-state index contributed by atoms with van der Waals surface area (Å²) in [4.78, 5) is 2.21. The molecule has 0 amide bonds. The molecule has 1 fully saturated rings. The average molecular weight is 290 g/mol. The van der Waals surface area contributed by atoms with Crippen LogP contribution in [-0.4, -0.2) is 31.6 Å². The van der Waals surface area contributed by atoms with E-state index in [0.717, 1.165) is 38.1 Å². The SMILES string of the molecule is CN1CCCC(CNc2ccc(F)c(C(F)(F)F)c2)C1. The summed E-state index contributed by atoms with van der Waals surface area (Å²) in [7, 11) is 2.03. The molecule has 2 nitrogen and oxygen atoms in total. The van der Waals surface area contributed by atoms with Crippen molar-refractivity contribution >= 4 is 5.69 Å². The van der Waals surface area contributed by atoms with Crippen LogP contribution in [0.3, 0.4) is 0 Å². The fourth-order valence-corrected chi connectivity index (χ4v) is 2.55. The van der Waals surface area contributed by atoms with E-state index < -0.39 is 17.6 Å². The Labute approximate surface area is 115 Å². The number of nitrogens with zero attached hydrogens (tertiary/aromatic N) is 1. The number of nitrogens with one attached hydrogen (secondary N) is 1. The van der Waals surface area contributed by atoms with Gasteiger partial charge in [0.25, 0.3) is 0 Å². The van der Waals surface area contributed by atoms with Crippen LogP contribution < -0.4 is 5.32 Å². The van der Waals surface area contributed by atoms with E-state index in [2.05, 4.69) is 10.2 Å². The molecule has 2 rings (SSSR count). The number of anilines is 1. The molecule has 1 N–H and O–H groups in total. The zero-order valence-corrected chi connectivity index (χ0v) is 11.3. The second kappa shape index (κ2) is 5.99. The van der Waals surface area contributed by atoms with Gasteiger partial charge in [-0.25, -0.2) is 4.39 Å². The van der Waals surface area contributed by atoms with E-state index in [0.29, 0.717) is 18.2 Å². The molecular formula is C14H18F4N2. The molecule has 1 aliphatic rings. The summed E-state index contributed by atoms with van der Waals surface area (Å²) in [5.41, 5.74) is -0.907. The maximum atomic E-state index is 13.2. The summed E-state index contributed by atoms with van der Waals surface area (Å²) < 4.78 is 51.0. The van der Waals surface area contributed by atoms with Crippen LogP contribution in [0.25, 0.3) is 0 Å². The Balaban J connectivity index is 1.99. The largest absolute Gasteiger partial charge is 0.419 e. The van der Waals surface area contributed by atoms with E-state index in [9.17, 15) is 17.6 Å². The molecule has 1 aromatic carbocycles. The topological polar surface area (TPSA) is 15.3 Å². The van der Waals surface area contributed by atoms with Crippen molar-refractivity contribution in [3.05, 3.63) is 29.6 Å². The van der Waals surface area contributed by atoms with Gasteiger partial charge < -0.3 is 10.2 Å². The standard InChI is InChI=1S/C14H18F4N2/c1-20-6-2-3-10(9-20)8-19-11-4-5-13(15)12(7-11)14(16,17)18/h4-5,7,10,19H,2-3,6,8-9H2,1H3. The minimum Gasteiger partial charge on any atom is -0.385 e. The second-order valence-electron chi connectivity index (χ2n) is 5.34. The molecule has 1 aromatic rings. The minimum atomic E-state index is -4.66. The molecule has 0 saturated carbocycles. The van der Waals surface area contributed by atoms with Gasteiger partial charge in [-0.2, -0.15) is 13.2 Å². The van der Waals surface area contributed by atoms with Crippen molar-refractivity contribution in [3.63, 3.8) is 0 Å². The van der Waals surface area contributed by atoms with Crippen LogP contribution in [0.4, 0.5) is 23.2 Å². The van der Waals surface area contributed by atoms with E-state index in [1.54, 1.807) is 0 Å². The van der Waals surface area contributed by atoms with Crippen molar-refractivity contribution < 1.29 is 17.6 Å². The van der Waals surface area contributed by atoms with Gasteiger partial charge in [0.2, 0.25) is 0 Å². The minimum absolute atomic E-state index is 0.312. The van der Waals surface area contributed by atoms with Gasteiger partial charge in [0, 0.05) is 18.8 Å². The molecule has 20 heavy (non-hydrogen) atoms. The Morgan fingerprint density at radius 3 is 2.75 bits per heavy atom. The normalized spacial score (nSPS) is 20.9. The van der Waals surface area contributed by atoms with E-state index in [1.807, 2.05) is 7.05 Å². The van der Waals surface area contributed by atoms with Gasteiger partial charge in [-0.1, -0.05) is 0 Å². The third-order valence-corrected chi connectivity index (χ3v) is 3.59. The Morgan fingerprint density at radius 1 is 1.35 bits per heavy atom. The van der Waals surface area contributed by atoms with E-state index in [-0.39, 0.29) is 0 Å². The number of likely N-dealkylation sites (tertiary alicyclic amines) is 1. The predicted molar refractivity (Wildman–Crippen MR) is 70.1 cm³/mol. The number of halogens is 4. The lowest BCUT2D eigenvalue weighted by molar-refractivity contribution is -0.139. The van der Waals surface area contributed by atoms with E-state index in [1.165, 1.54) is 6.07 Å². The first kappa shape index (κ1) is 15.1. The highest BCUT2D eigenvalue weighted by atomic mass is 19.4. The molecule has 1 atom stereocenters. The molecule has 0 aliphatic carbocycles. The molecule has 0 bridgehead atoms. The zero-order chi connectivity index (χ0) is 14.8. The highest BCUT2D eigenvalue weighted by Gasteiger charge is 2.34. The quantitative estimate of drug-likeness (QED) is 0.856. The van der Waals surface area contributed by atoms with Crippen molar-refractivity contribution in [3.8, 4) is 0 Å². The number of rotatable bonds is 3. The summed E-state index contributed by atoms with van der Waals surface area (Å²) in [6, 6.07) is 3.04. The van der Waals surface area contributed by atoms with Gasteiger partial charge in [0.1, 0.15) is 5.82 Å². The van der Waals surface area contributed by atoms with E-state index in [4.69, 9.17) is 0 Å². The van der Waals surface area contributed by atoms with Crippen LogP contribution >= 0.6 is 0 Å². The third-order valence-electron chi connectivity index (χ3n) is 3.59. The average Bonchev–Trinajstić information content (AvgIpc) is 2.36. The van der Waals surface area contributed by atoms with Crippen LogP contribution in [0, 0.1) is 11.7 Å². The Morgan fingerprint density at radius 2 is 2.10 bits per heavy atom. The molecule has 1 aliphatic heterocycles. The molecule has 1 saturated heterocycles. The molecule has 0 spiro atoms. The molecule has 6 heteroatoms. The Kier molecular flexibility index (Phi) is 4.52. The predicted octanol–water partition coefficient (Wildman–Crippen LogP) is 3.60. The molecule has 112 valence electrons. The lowest BCUT2D eigenvalue weighted by Gasteiger charge is -2.30. The smallest absolute Gasteiger partial charge is 0.385 e.